The van der Waals surface area contributed by atoms with Gasteiger partial charge in [-0.3, -0.25) is 4.98 Å². The van der Waals surface area contributed by atoms with E-state index < -0.39 is 0 Å². The summed E-state index contributed by atoms with van der Waals surface area (Å²) in [5, 5.41) is 3.67. The number of aryl methyl sites for hydroxylation is 1. The molecular weight excluding hydrogens is 232 g/mol. The van der Waals surface area contributed by atoms with E-state index >= 15 is 0 Å². The van der Waals surface area contributed by atoms with Gasteiger partial charge in [0, 0.05) is 17.9 Å². The van der Waals surface area contributed by atoms with Gasteiger partial charge in [-0.2, -0.15) is 0 Å². The first-order valence-corrected chi connectivity index (χ1v) is 8.01. The van der Waals surface area contributed by atoms with Crippen LogP contribution >= 0.6 is 0 Å². The van der Waals surface area contributed by atoms with E-state index in [1.807, 2.05) is 12.3 Å². The third kappa shape index (κ3) is 5.32. The van der Waals surface area contributed by atoms with Gasteiger partial charge in [-0.1, -0.05) is 45.1 Å². The van der Waals surface area contributed by atoms with Crippen LogP contribution in [-0.2, 0) is 6.42 Å². The van der Waals surface area contributed by atoms with Gasteiger partial charge in [-0.25, -0.2) is 0 Å². The maximum atomic E-state index is 4.43. The number of nitrogens with zero attached hydrogens (tertiary/aromatic N) is 1. The number of nitrogens with one attached hydrogen (secondary N) is 1. The Hall–Kier alpha value is -0.890. The van der Waals surface area contributed by atoms with E-state index in [9.17, 15) is 0 Å². The van der Waals surface area contributed by atoms with Crippen LogP contribution in [0, 0.1) is 5.92 Å². The SMILES string of the molecule is CCNC(CCc1ccccn1)CC1CCCCC1. The second-order valence-electron chi connectivity index (χ2n) is 5.85. The van der Waals surface area contributed by atoms with Crippen molar-refractivity contribution in [3.05, 3.63) is 30.1 Å². The summed E-state index contributed by atoms with van der Waals surface area (Å²) in [4.78, 5) is 4.43. The monoisotopic (exact) mass is 260 g/mol. The van der Waals surface area contributed by atoms with E-state index in [2.05, 4.69) is 29.4 Å². The quantitative estimate of drug-likeness (QED) is 0.802. The molecule has 2 nitrogen and oxygen atoms in total. The molecule has 0 spiro atoms. The summed E-state index contributed by atoms with van der Waals surface area (Å²) in [6, 6.07) is 6.90. The molecular formula is C17H28N2. The Morgan fingerprint density at radius 1 is 1.26 bits per heavy atom. The van der Waals surface area contributed by atoms with Crippen LogP contribution in [0.3, 0.4) is 0 Å². The minimum absolute atomic E-state index is 0.676. The van der Waals surface area contributed by atoms with Crippen LogP contribution < -0.4 is 5.32 Å². The second-order valence-corrected chi connectivity index (χ2v) is 5.85. The molecule has 1 heterocycles. The van der Waals surface area contributed by atoms with Crippen LogP contribution in [0.1, 0.15) is 57.6 Å². The van der Waals surface area contributed by atoms with Gasteiger partial charge in [0.15, 0.2) is 0 Å². The highest BCUT2D eigenvalue weighted by Gasteiger charge is 2.18. The van der Waals surface area contributed by atoms with Gasteiger partial charge in [0.1, 0.15) is 0 Å². The summed E-state index contributed by atoms with van der Waals surface area (Å²) in [6.45, 7) is 3.30. The van der Waals surface area contributed by atoms with Crippen molar-refractivity contribution in [1.82, 2.24) is 10.3 Å². The topological polar surface area (TPSA) is 24.9 Å². The van der Waals surface area contributed by atoms with Gasteiger partial charge in [0.2, 0.25) is 0 Å². The van der Waals surface area contributed by atoms with Gasteiger partial charge in [0.05, 0.1) is 0 Å². The van der Waals surface area contributed by atoms with Crippen LogP contribution in [0.25, 0.3) is 0 Å². The van der Waals surface area contributed by atoms with Crippen molar-refractivity contribution < 1.29 is 0 Å². The Kier molecular flexibility index (Phi) is 6.35. The molecule has 1 unspecified atom stereocenters. The zero-order chi connectivity index (χ0) is 13.3. The van der Waals surface area contributed by atoms with Crippen molar-refractivity contribution in [2.24, 2.45) is 5.92 Å². The lowest BCUT2D eigenvalue weighted by molar-refractivity contribution is 0.292. The van der Waals surface area contributed by atoms with Crippen molar-refractivity contribution in [1.29, 1.82) is 0 Å². The maximum Gasteiger partial charge on any atom is 0.0404 e. The predicted octanol–water partition coefficient (Wildman–Crippen LogP) is 3.96. The van der Waals surface area contributed by atoms with Crippen LogP contribution in [0.4, 0.5) is 0 Å². The minimum atomic E-state index is 0.676. The van der Waals surface area contributed by atoms with Crippen molar-refractivity contribution in [2.45, 2.75) is 64.3 Å². The van der Waals surface area contributed by atoms with Crippen molar-refractivity contribution >= 4 is 0 Å². The molecule has 2 heteroatoms. The molecule has 19 heavy (non-hydrogen) atoms. The van der Waals surface area contributed by atoms with Gasteiger partial charge in [-0.05, 0) is 43.9 Å². The standard InChI is InChI=1S/C17H28N2/c1-2-18-17(14-15-8-4-3-5-9-15)12-11-16-10-6-7-13-19-16/h6-7,10,13,15,17-18H,2-5,8-9,11-12,14H2,1H3. The number of hydrogen-bond donors (Lipinski definition) is 1. The first kappa shape index (κ1) is 14.5. The Labute approximate surface area is 118 Å². The largest absolute Gasteiger partial charge is 0.314 e. The first-order valence-electron chi connectivity index (χ1n) is 8.01. The van der Waals surface area contributed by atoms with Crippen LogP contribution in [0.5, 0.6) is 0 Å². The smallest absolute Gasteiger partial charge is 0.0404 e. The van der Waals surface area contributed by atoms with E-state index in [4.69, 9.17) is 0 Å². The molecule has 1 saturated carbocycles. The number of rotatable bonds is 7. The lowest BCUT2D eigenvalue weighted by Crippen LogP contribution is -2.32. The lowest BCUT2D eigenvalue weighted by Gasteiger charge is -2.27. The van der Waals surface area contributed by atoms with Crippen molar-refractivity contribution in [3.63, 3.8) is 0 Å². The van der Waals surface area contributed by atoms with Gasteiger partial charge >= 0.3 is 0 Å². The predicted molar refractivity (Wildman–Crippen MR) is 81.2 cm³/mol. The molecule has 1 aromatic rings. The Morgan fingerprint density at radius 3 is 2.79 bits per heavy atom. The summed E-state index contributed by atoms with van der Waals surface area (Å²) < 4.78 is 0. The third-order valence-corrected chi connectivity index (χ3v) is 4.31. The van der Waals surface area contributed by atoms with Gasteiger partial charge in [-0.15, -0.1) is 0 Å². The normalized spacial score (nSPS) is 18.4. The molecule has 106 valence electrons. The van der Waals surface area contributed by atoms with E-state index in [0.29, 0.717) is 6.04 Å². The second kappa shape index (κ2) is 8.31. The molecule has 1 aromatic heterocycles. The molecule has 0 radical (unpaired) electrons. The van der Waals surface area contributed by atoms with E-state index in [-0.39, 0.29) is 0 Å². The van der Waals surface area contributed by atoms with Crippen LogP contribution in [0.15, 0.2) is 24.4 Å². The summed E-state index contributed by atoms with van der Waals surface area (Å²) in [5.74, 6) is 0.960. The van der Waals surface area contributed by atoms with Crippen LogP contribution in [-0.4, -0.2) is 17.6 Å². The summed E-state index contributed by atoms with van der Waals surface area (Å²) >= 11 is 0. The average molecular weight is 260 g/mol. The molecule has 0 aromatic carbocycles. The molecule has 2 rings (SSSR count). The van der Waals surface area contributed by atoms with E-state index in [0.717, 1.165) is 18.9 Å². The molecule has 1 aliphatic rings. The Balaban J connectivity index is 1.78. The lowest BCUT2D eigenvalue weighted by atomic mass is 9.84. The number of aromatic nitrogens is 1. The number of pyridine rings is 1. The molecule has 0 saturated heterocycles. The third-order valence-electron chi connectivity index (χ3n) is 4.31. The van der Waals surface area contributed by atoms with E-state index in [1.54, 1.807) is 0 Å². The van der Waals surface area contributed by atoms with Gasteiger partial charge in [0.25, 0.3) is 0 Å². The zero-order valence-electron chi connectivity index (χ0n) is 12.3. The van der Waals surface area contributed by atoms with E-state index in [1.165, 1.54) is 50.6 Å². The highest BCUT2D eigenvalue weighted by molar-refractivity contribution is 5.03. The Bertz CT molecular complexity index is 330. The molecule has 1 aliphatic carbocycles. The fraction of sp³-hybridized carbons (Fsp3) is 0.706. The Morgan fingerprint density at radius 2 is 2.11 bits per heavy atom. The highest BCUT2D eigenvalue weighted by atomic mass is 14.9. The fourth-order valence-electron chi connectivity index (χ4n) is 3.29. The van der Waals surface area contributed by atoms with Crippen molar-refractivity contribution in [3.8, 4) is 0 Å². The van der Waals surface area contributed by atoms with Gasteiger partial charge < -0.3 is 5.32 Å². The summed E-state index contributed by atoms with van der Waals surface area (Å²) in [5.41, 5.74) is 1.23. The summed E-state index contributed by atoms with van der Waals surface area (Å²) in [7, 11) is 0. The number of hydrogen-bond acceptors (Lipinski definition) is 2. The fourth-order valence-corrected chi connectivity index (χ4v) is 3.29. The molecule has 1 atom stereocenters. The molecule has 0 bridgehead atoms. The first-order chi connectivity index (χ1) is 9.38. The maximum absolute atomic E-state index is 4.43. The highest BCUT2D eigenvalue weighted by Crippen LogP contribution is 2.28. The molecule has 1 fully saturated rings. The zero-order valence-corrected chi connectivity index (χ0v) is 12.3. The molecule has 0 amide bonds. The van der Waals surface area contributed by atoms with Crippen molar-refractivity contribution in [2.75, 3.05) is 6.54 Å². The average Bonchev–Trinajstić information content (AvgIpc) is 2.47. The molecule has 1 N–H and O–H groups in total. The molecule has 0 aliphatic heterocycles. The minimum Gasteiger partial charge on any atom is -0.314 e. The summed E-state index contributed by atoms with van der Waals surface area (Å²) in [6.07, 6.45) is 12.8. The van der Waals surface area contributed by atoms with Crippen LogP contribution in [0.2, 0.25) is 0 Å².